The van der Waals surface area contributed by atoms with Gasteiger partial charge in [0.05, 0.1) is 18.0 Å². The molecule has 4 nitrogen and oxygen atoms in total. The van der Waals surface area contributed by atoms with E-state index in [-0.39, 0.29) is 10.9 Å². The van der Waals surface area contributed by atoms with Gasteiger partial charge in [0.15, 0.2) is 0 Å². The van der Waals surface area contributed by atoms with E-state index in [4.69, 9.17) is 16.3 Å². The molecule has 1 saturated heterocycles. The maximum Gasteiger partial charge on any atom is 0.243 e. The maximum absolute atomic E-state index is 13.2. The van der Waals surface area contributed by atoms with Crippen LogP contribution in [0.15, 0.2) is 53.4 Å². The molecule has 0 bridgehead atoms. The zero-order chi connectivity index (χ0) is 17.9. The number of nitrogens with zero attached hydrogens (tertiary/aromatic N) is 1. The van der Waals surface area contributed by atoms with Crippen LogP contribution in [0.1, 0.15) is 37.3 Å². The molecule has 1 aliphatic heterocycles. The van der Waals surface area contributed by atoms with E-state index in [9.17, 15) is 8.42 Å². The van der Waals surface area contributed by atoms with Crippen LogP contribution in [0.4, 0.5) is 0 Å². The molecule has 2 aromatic carbocycles. The van der Waals surface area contributed by atoms with Gasteiger partial charge in [0, 0.05) is 11.6 Å². The average molecular weight is 380 g/mol. The Balaban J connectivity index is 1.98. The second kappa shape index (κ2) is 7.77. The first-order valence-electron chi connectivity index (χ1n) is 8.44. The molecule has 1 unspecified atom stereocenters. The van der Waals surface area contributed by atoms with Crippen LogP contribution < -0.4 is 4.74 Å². The molecular weight excluding hydrogens is 358 g/mol. The minimum atomic E-state index is -3.57. The largest absolute Gasteiger partial charge is 0.497 e. The van der Waals surface area contributed by atoms with Crippen molar-refractivity contribution >= 4 is 21.6 Å². The average Bonchev–Trinajstić information content (AvgIpc) is 2.89. The van der Waals surface area contributed by atoms with Crippen molar-refractivity contribution in [3.05, 3.63) is 59.1 Å². The van der Waals surface area contributed by atoms with Crippen LogP contribution in [0.25, 0.3) is 0 Å². The Hall–Kier alpha value is -1.56. The summed E-state index contributed by atoms with van der Waals surface area (Å²) in [7, 11) is -1.95. The molecule has 0 N–H and O–H groups in total. The lowest BCUT2D eigenvalue weighted by Crippen LogP contribution is -2.34. The number of rotatable bonds is 4. The van der Waals surface area contributed by atoms with Gasteiger partial charge in [-0.2, -0.15) is 4.31 Å². The smallest absolute Gasteiger partial charge is 0.243 e. The predicted molar refractivity (Wildman–Crippen MR) is 99.5 cm³/mol. The van der Waals surface area contributed by atoms with Gasteiger partial charge >= 0.3 is 0 Å². The summed E-state index contributed by atoms with van der Waals surface area (Å²) in [4.78, 5) is 0.289. The van der Waals surface area contributed by atoms with Crippen LogP contribution in [0.5, 0.6) is 5.75 Å². The van der Waals surface area contributed by atoms with Crippen LogP contribution in [0.3, 0.4) is 0 Å². The minimum absolute atomic E-state index is 0.158. The molecular formula is C19H22ClNO3S. The molecule has 2 aromatic rings. The second-order valence-corrected chi connectivity index (χ2v) is 8.53. The molecule has 0 spiro atoms. The van der Waals surface area contributed by atoms with E-state index in [0.717, 1.165) is 37.0 Å². The lowest BCUT2D eigenvalue weighted by atomic mass is 10.0. The Morgan fingerprint density at radius 2 is 1.68 bits per heavy atom. The van der Waals surface area contributed by atoms with Crippen molar-refractivity contribution in [3.63, 3.8) is 0 Å². The summed E-state index contributed by atoms with van der Waals surface area (Å²) in [5, 5.41) is 0.529. The van der Waals surface area contributed by atoms with Crippen molar-refractivity contribution in [3.8, 4) is 5.75 Å². The molecule has 134 valence electrons. The van der Waals surface area contributed by atoms with Crippen LogP contribution in [-0.4, -0.2) is 26.4 Å². The van der Waals surface area contributed by atoms with Crippen LogP contribution in [-0.2, 0) is 10.0 Å². The van der Waals surface area contributed by atoms with E-state index < -0.39 is 10.0 Å². The standard InChI is InChI=1S/C19H22ClNO3S/c1-24-17-10-6-15(7-11-17)19-5-3-2-4-14-21(19)25(22,23)18-12-8-16(20)9-13-18/h6-13,19H,2-5,14H2,1H3. The first-order chi connectivity index (χ1) is 12.0. The van der Waals surface area contributed by atoms with Gasteiger partial charge in [-0.25, -0.2) is 8.42 Å². The zero-order valence-electron chi connectivity index (χ0n) is 14.2. The summed E-state index contributed by atoms with van der Waals surface area (Å²) in [6.07, 6.45) is 3.75. The van der Waals surface area contributed by atoms with Gasteiger partial charge in [0.2, 0.25) is 10.0 Å². The lowest BCUT2D eigenvalue weighted by Gasteiger charge is -2.29. The molecule has 0 saturated carbocycles. The quantitative estimate of drug-likeness (QED) is 0.776. The van der Waals surface area contributed by atoms with Gasteiger partial charge in [-0.15, -0.1) is 0 Å². The Morgan fingerprint density at radius 3 is 2.32 bits per heavy atom. The SMILES string of the molecule is COc1ccc(C2CCCCCN2S(=O)(=O)c2ccc(Cl)cc2)cc1. The first-order valence-corrected chi connectivity index (χ1v) is 10.3. The highest BCUT2D eigenvalue weighted by Gasteiger charge is 2.33. The van der Waals surface area contributed by atoms with E-state index in [1.807, 2.05) is 24.3 Å². The third-order valence-corrected chi connectivity index (χ3v) is 6.80. The van der Waals surface area contributed by atoms with Crippen LogP contribution in [0.2, 0.25) is 5.02 Å². The Labute approximate surface area is 154 Å². The number of benzene rings is 2. The molecule has 0 aromatic heterocycles. The normalized spacial score (nSPS) is 19.4. The summed E-state index contributed by atoms with van der Waals surface area (Å²) in [6.45, 7) is 0.529. The van der Waals surface area contributed by atoms with Gasteiger partial charge in [0.25, 0.3) is 0 Å². The highest BCUT2D eigenvalue weighted by molar-refractivity contribution is 7.89. The lowest BCUT2D eigenvalue weighted by molar-refractivity contribution is 0.328. The maximum atomic E-state index is 13.2. The van der Waals surface area contributed by atoms with Crippen molar-refractivity contribution < 1.29 is 13.2 Å². The summed E-state index contributed by atoms with van der Waals surface area (Å²) >= 11 is 5.91. The van der Waals surface area contributed by atoms with Crippen LogP contribution in [0, 0.1) is 0 Å². The third-order valence-electron chi connectivity index (χ3n) is 4.62. The first kappa shape index (κ1) is 18.2. The van der Waals surface area contributed by atoms with Gasteiger partial charge in [-0.05, 0) is 54.8 Å². The van der Waals surface area contributed by atoms with E-state index in [1.165, 1.54) is 0 Å². The summed E-state index contributed by atoms with van der Waals surface area (Å²) in [6, 6.07) is 13.9. The van der Waals surface area contributed by atoms with E-state index >= 15 is 0 Å². The molecule has 6 heteroatoms. The molecule has 0 amide bonds. The van der Waals surface area contributed by atoms with Crippen LogP contribution >= 0.6 is 11.6 Å². The van der Waals surface area contributed by atoms with Gasteiger partial charge < -0.3 is 4.74 Å². The molecule has 1 atom stereocenters. The highest BCUT2D eigenvalue weighted by atomic mass is 35.5. The Kier molecular flexibility index (Phi) is 5.67. The zero-order valence-corrected chi connectivity index (χ0v) is 15.8. The number of hydrogen-bond donors (Lipinski definition) is 0. The summed E-state index contributed by atoms with van der Waals surface area (Å²) < 4.78 is 33.3. The molecule has 0 radical (unpaired) electrons. The summed E-state index contributed by atoms with van der Waals surface area (Å²) in [5.74, 6) is 0.768. The van der Waals surface area contributed by atoms with Crippen molar-refractivity contribution in [2.75, 3.05) is 13.7 Å². The van der Waals surface area contributed by atoms with E-state index in [0.29, 0.717) is 11.6 Å². The van der Waals surface area contributed by atoms with Crippen molar-refractivity contribution in [2.24, 2.45) is 0 Å². The second-order valence-electron chi connectivity index (χ2n) is 6.21. The molecule has 25 heavy (non-hydrogen) atoms. The number of ether oxygens (including phenoxy) is 1. The Bertz CT molecular complexity index is 804. The monoisotopic (exact) mass is 379 g/mol. The third kappa shape index (κ3) is 4.00. The van der Waals surface area contributed by atoms with Gasteiger partial charge in [-0.3, -0.25) is 0 Å². The fourth-order valence-corrected chi connectivity index (χ4v) is 5.08. The molecule has 0 aliphatic carbocycles. The summed E-state index contributed by atoms with van der Waals surface area (Å²) in [5.41, 5.74) is 1.00. The molecule has 1 aliphatic rings. The predicted octanol–water partition coefficient (Wildman–Crippen LogP) is 4.65. The van der Waals surface area contributed by atoms with E-state index in [2.05, 4.69) is 0 Å². The number of methoxy groups -OCH3 is 1. The topological polar surface area (TPSA) is 46.6 Å². The number of sulfonamides is 1. The Morgan fingerprint density at radius 1 is 1.00 bits per heavy atom. The minimum Gasteiger partial charge on any atom is -0.497 e. The fraction of sp³-hybridized carbons (Fsp3) is 0.368. The van der Waals surface area contributed by atoms with Crippen molar-refractivity contribution in [1.82, 2.24) is 4.31 Å². The van der Waals surface area contributed by atoms with E-state index in [1.54, 1.807) is 35.7 Å². The number of halogens is 1. The number of hydrogen-bond acceptors (Lipinski definition) is 3. The molecule has 1 heterocycles. The fourth-order valence-electron chi connectivity index (χ4n) is 3.27. The van der Waals surface area contributed by atoms with Gasteiger partial charge in [-0.1, -0.05) is 36.6 Å². The highest BCUT2D eigenvalue weighted by Crippen LogP contribution is 2.35. The molecule has 3 rings (SSSR count). The van der Waals surface area contributed by atoms with Gasteiger partial charge in [0.1, 0.15) is 5.75 Å². The molecule has 1 fully saturated rings. The van der Waals surface area contributed by atoms with Crippen molar-refractivity contribution in [1.29, 1.82) is 0 Å². The van der Waals surface area contributed by atoms with Crippen molar-refractivity contribution in [2.45, 2.75) is 36.6 Å².